The van der Waals surface area contributed by atoms with Crippen molar-refractivity contribution in [2.45, 2.75) is 6.92 Å². The number of nitrogens with zero attached hydrogens (tertiary/aromatic N) is 4. The van der Waals surface area contributed by atoms with Gasteiger partial charge in [0.25, 0.3) is 5.91 Å². The predicted octanol–water partition coefficient (Wildman–Crippen LogP) is 5.89. The van der Waals surface area contributed by atoms with Gasteiger partial charge in [0.1, 0.15) is 10.3 Å². The van der Waals surface area contributed by atoms with Gasteiger partial charge in [-0.25, -0.2) is 14.5 Å². The number of carbonyl (C=O) groups is 2. The Morgan fingerprint density at radius 1 is 1.23 bits per heavy atom. The minimum Gasteiger partial charge on any atom is -0.478 e. The molecule has 0 saturated carbocycles. The fourth-order valence-corrected chi connectivity index (χ4v) is 4.35. The molecule has 0 spiro atoms. The van der Waals surface area contributed by atoms with Crippen molar-refractivity contribution in [1.29, 1.82) is 0 Å². The van der Waals surface area contributed by atoms with Gasteiger partial charge in [-0.05, 0) is 63.0 Å². The minimum atomic E-state index is -1.21. The Labute approximate surface area is 204 Å². The maximum absolute atomic E-state index is 13.4. The minimum absolute atomic E-state index is 0. The number of hydrogen-bond donors (Lipinski definition) is 1. The Balaban J connectivity index is 0.00000320. The maximum atomic E-state index is 13.4. The number of amides is 1. The third kappa shape index (κ3) is 4.81. The van der Waals surface area contributed by atoms with E-state index in [1.165, 1.54) is 34.0 Å². The standard InChI is InChI=1S/C18H12Br2Cl2N4O3.ClH/c1-2-25(15-10(18(28)29)6-9(21)7-11(15)19)17(27)13-8-14(20)24-26(13)16-12(22)4-3-5-23-16;/h3-8H,2H2,1H3,(H,28,29);1H. The summed E-state index contributed by atoms with van der Waals surface area (Å²) in [7, 11) is 0. The summed E-state index contributed by atoms with van der Waals surface area (Å²) in [6.45, 7) is 1.92. The number of pyridine rings is 1. The molecule has 1 N–H and O–H groups in total. The first-order valence-corrected chi connectivity index (χ1v) is 10.5. The largest absolute Gasteiger partial charge is 0.478 e. The van der Waals surface area contributed by atoms with E-state index in [4.69, 9.17) is 23.2 Å². The maximum Gasteiger partial charge on any atom is 0.337 e. The zero-order chi connectivity index (χ0) is 21.3. The highest BCUT2D eigenvalue weighted by Crippen LogP contribution is 2.35. The molecule has 1 aromatic carbocycles. The van der Waals surface area contributed by atoms with E-state index in [0.717, 1.165) is 0 Å². The molecule has 0 aliphatic heterocycles. The number of aromatic nitrogens is 3. The topological polar surface area (TPSA) is 88.3 Å². The average Bonchev–Trinajstić information content (AvgIpc) is 3.05. The van der Waals surface area contributed by atoms with E-state index >= 15 is 0 Å². The van der Waals surface area contributed by atoms with Gasteiger partial charge in [0.15, 0.2) is 5.82 Å². The molecule has 0 aliphatic carbocycles. The fourth-order valence-electron chi connectivity index (χ4n) is 2.74. The summed E-state index contributed by atoms with van der Waals surface area (Å²) in [6, 6.07) is 7.63. The van der Waals surface area contributed by atoms with Crippen molar-refractivity contribution >= 4 is 85.0 Å². The number of aromatic carboxylic acids is 1. The van der Waals surface area contributed by atoms with Crippen molar-refractivity contribution in [2.24, 2.45) is 0 Å². The van der Waals surface area contributed by atoms with E-state index in [1.807, 2.05) is 0 Å². The quantitative estimate of drug-likeness (QED) is 0.396. The second-order valence-electron chi connectivity index (χ2n) is 5.71. The van der Waals surface area contributed by atoms with Gasteiger partial charge in [0.05, 0.1) is 16.3 Å². The first-order chi connectivity index (χ1) is 13.7. The number of hydrogen-bond acceptors (Lipinski definition) is 4. The van der Waals surface area contributed by atoms with Crippen molar-refractivity contribution in [2.75, 3.05) is 11.4 Å². The van der Waals surface area contributed by atoms with Crippen molar-refractivity contribution in [1.82, 2.24) is 14.8 Å². The van der Waals surface area contributed by atoms with Crippen molar-refractivity contribution in [3.63, 3.8) is 0 Å². The van der Waals surface area contributed by atoms with Crippen LogP contribution in [0.5, 0.6) is 0 Å². The van der Waals surface area contributed by atoms with Crippen LogP contribution in [-0.2, 0) is 0 Å². The summed E-state index contributed by atoms with van der Waals surface area (Å²) in [5.74, 6) is -1.43. The summed E-state index contributed by atoms with van der Waals surface area (Å²) < 4.78 is 2.08. The number of halogens is 5. The van der Waals surface area contributed by atoms with Crippen LogP contribution in [0.3, 0.4) is 0 Å². The molecule has 0 atom stereocenters. The molecule has 0 bridgehead atoms. The summed E-state index contributed by atoms with van der Waals surface area (Å²) in [6.07, 6.45) is 1.53. The van der Waals surface area contributed by atoms with E-state index in [9.17, 15) is 14.7 Å². The summed E-state index contributed by atoms with van der Waals surface area (Å²) >= 11 is 18.8. The fraction of sp³-hybridized carbons (Fsp3) is 0.111. The molecule has 30 heavy (non-hydrogen) atoms. The molecule has 3 aromatic rings. The lowest BCUT2D eigenvalue weighted by molar-refractivity contribution is 0.0697. The van der Waals surface area contributed by atoms with Crippen molar-refractivity contribution in [3.05, 3.63) is 66.9 Å². The highest BCUT2D eigenvalue weighted by Gasteiger charge is 2.28. The SMILES string of the molecule is CCN(C(=O)c1cc(Br)nn1-c1ncccc1Cl)c1c(Br)cc(Cl)cc1C(=O)O.Cl. The third-order valence-corrected chi connectivity index (χ3v) is 5.43. The van der Waals surface area contributed by atoms with Crippen LogP contribution < -0.4 is 4.90 Å². The second kappa shape index (κ2) is 10.1. The molecule has 3 rings (SSSR count). The number of rotatable bonds is 5. The van der Waals surface area contributed by atoms with Crippen LogP contribution in [0.15, 0.2) is 45.6 Å². The van der Waals surface area contributed by atoms with Crippen molar-refractivity contribution < 1.29 is 14.7 Å². The Morgan fingerprint density at radius 2 is 1.93 bits per heavy atom. The lowest BCUT2D eigenvalue weighted by Gasteiger charge is -2.24. The molecule has 158 valence electrons. The number of benzene rings is 1. The first kappa shape index (κ1) is 24.6. The Bertz CT molecular complexity index is 1120. The van der Waals surface area contributed by atoms with Crippen LogP contribution >= 0.6 is 67.5 Å². The molecule has 7 nitrogen and oxygen atoms in total. The van der Waals surface area contributed by atoms with Crippen LogP contribution in [0.4, 0.5) is 5.69 Å². The molecule has 2 heterocycles. The van der Waals surface area contributed by atoms with E-state index in [1.54, 1.807) is 19.1 Å². The Hall–Kier alpha value is -1.65. The van der Waals surface area contributed by atoms with Crippen LogP contribution in [0, 0.1) is 0 Å². The molecule has 2 aromatic heterocycles. The van der Waals surface area contributed by atoms with Gasteiger partial charge in [-0.2, -0.15) is 5.10 Å². The number of carboxylic acid groups (broad SMARTS) is 1. The monoisotopic (exact) mass is 596 g/mol. The third-order valence-electron chi connectivity index (χ3n) is 3.93. The van der Waals surface area contributed by atoms with Crippen LogP contribution in [0.25, 0.3) is 5.82 Å². The zero-order valence-corrected chi connectivity index (χ0v) is 20.6. The Morgan fingerprint density at radius 3 is 2.53 bits per heavy atom. The lowest BCUT2D eigenvalue weighted by atomic mass is 10.1. The molecule has 0 saturated heterocycles. The Kier molecular flexibility index (Phi) is 8.29. The highest BCUT2D eigenvalue weighted by molar-refractivity contribution is 9.10. The van der Waals surface area contributed by atoms with Gasteiger partial charge in [0, 0.05) is 28.3 Å². The summed E-state index contributed by atoms with van der Waals surface area (Å²) in [5.41, 5.74) is 0.225. The van der Waals surface area contributed by atoms with Crippen LogP contribution in [-0.4, -0.2) is 38.3 Å². The smallest absolute Gasteiger partial charge is 0.337 e. The molecule has 0 fully saturated rings. The van der Waals surface area contributed by atoms with Gasteiger partial charge in [-0.1, -0.05) is 23.2 Å². The van der Waals surface area contributed by atoms with E-state index in [2.05, 4.69) is 41.9 Å². The van der Waals surface area contributed by atoms with Gasteiger partial charge in [-0.3, -0.25) is 4.79 Å². The predicted molar refractivity (Wildman–Crippen MR) is 125 cm³/mol. The van der Waals surface area contributed by atoms with Gasteiger partial charge in [0.2, 0.25) is 0 Å². The van der Waals surface area contributed by atoms with E-state index < -0.39 is 11.9 Å². The molecule has 0 aliphatic rings. The van der Waals surface area contributed by atoms with Gasteiger partial charge in [-0.15, -0.1) is 12.4 Å². The second-order valence-corrected chi connectivity index (χ2v) is 8.22. The van der Waals surface area contributed by atoms with Gasteiger partial charge < -0.3 is 10.0 Å². The number of anilines is 1. The van der Waals surface area contributed by atoms with Crippen LogP contribution in [0.2, 0.25) is 10.0 Å². The number of carboxylic acids is 1. The van der Waals surface area contributed by atoms with E-state index in [0.29, 0.717) is 14.1 Å². The average molecular weight is 599 g/mol. The molecular weight excluding hydrogens is 586 g/mol. The molecule has 0 radical (unpaired) electrons. The zero-order valence-electron chi connectivity index (χ0n) is 15.1. The van der Waals surface area contributed by atoms with Gasteiger partial charge >= 0.3 is 5.97 Å². The summed E-state index contributed by atoms with van der Waals surface area (Å²) in [5, 5.41) is 14.4. The molecular formula is C18H13Br2Cl3N4O3. The molecule has 1 amide bonds. The number of carbonyl (C=O) groups excluding carboxylic acids is 1. The van der Waals surface area contributed by atoms with Crippen molar-refractivity contribution in [3.8, 4) is 5.82 Å². The first-order valence-electron chi connectivity index (χ1n) is 8.15. The lowest BCUT2D eigenvalue weighted by Crippen LogP contribution is -2.34. The summed E-state index contributed by atoms with van der Waals surface area (Å²) in [4.78, 5) is 30.7. The molecule has 12 heteroatoms. The van der Waals surface area contributed by atoms with Crippen LogP contribution in [0.1, 0.15) is 27.8 Å². The van der Waals surface area contributed by atoms with E-state index in [-0.39, 0.29) is 46.7 Å². The highest BCUT2D eigenvalue weighted by atomic mass is 79.9. The normalized spacial score (nSPS) is 10.4. The molecule has 0 unspecified atom stereocenters.